The van der Waals surface area contributed by atoms with Crippen molar-refractivity contribution in [2.75, 3.05) is 5.32 Å². The zero-order chi connectivity index (χ0) is 20.9. The maximum Gasteiger partial charge on any atom is 0.226 e. The number of hydrogen-bond donors (Lipinski definition) is 1. The van der Waals surface area contributed by atoms with Crippen LogP contribution in [-0.2, 0) is 0 Å². The molecule has 7 heteroatoms. The molecule has 2 atom stereocenters. The van der Waals surface area contributed by atoms with Gasteiger partial charge in [-0.2, -0.15) is 10.1 Å². The summed E-state index contributed by atoms with van der Waals surface area (Å²) in [7, 11) is 0. The summed E-state index contributed by atoms with van der Waals surface area (Å²) in [4.78, 5) is 4.39. The lowest BCUT2D eigenvalue weighted by Crippen LogP contribution is -2.32. The highest BCUT2D eigenvalue weighted by molar-refractivity contribution is 6.30. The van der Waals surface area contributed by atoms with Gasteiger partial charge >= 0.3 is 0 Å². The number of anilines is 1. The Morgan fingerprint density at radius 1 is 0.968 bits per heavy atom. The van der Waals surface area contributed by atoms with Crippen molar-refractivity contribution in [1.29, 1.82) is 0 Å². The molecule has 0 saturated heterocycles. The average molecular weight is 431 g/mol. The number of halogens is 2. The molecule has 6 rings (SSSR count). The Morgan fingerprint density at radius 2 is 1.74 bits per heavy atom. The van der Waals surface area contributed by atoms with E-state index in [0.717, 1.165) is 22.4 Å². The van der Waals surface area contributed by atoms with Gasteiger partial charge in [-0.1, -0.05) is 54.1 Å². The summed E-state index contributed by atoms with van der Waals surface area (Å²) in [6.45, 7) is 0. The lowest BCUT2D eigenvalue weighted by molar-refractivity contribution is 0.218. The van der Waals surface area contributed by atoms with Crippen molar-refractivity contribution in [2.45, 2.75) is 12.1 Å². The van der Waals surface area contributed by atoms with E-state index in [1.807, 2.05) is 54.6 Å². The van der Waals surface area contributed by atoms with Crippen LogP contribution in [-0.4, -0.2) is 14.8 Å². The molecule has 1 N–H and O–H groups in total. The molecule has 0 saturated carbocycles. The Kier molecular flexibility index (Phi) is 4.07. The number of nitrogens with one attached hydrogen (secondary N) is 1. The first-order valence-corrected chi connectivity index (χ1v) is 10.2. The fraction of sp³-hybridized carbons (Fsp3) is 0.0833. The van der Waals surface area contributed by atoms with Gasteiger partial charge in [-0.25, -0.2) is 9.07 Å². The zero-order valence-electron chi connectivity index (χ0n) is 16.2. The van der Waals surface area contributed by atoms with Crippen LogP contribution in [0.4, 0.5) is 10.3 Å². The van der Waals surface area contributed by atoms with E-state index in [-0.39, 0.29) is 11.9 Å². The largest absolute Gasteiger partial charge is 0.480 e. The van der Waals surface area contributed by atoms with E-state index < -0.39 is 6.10 Å². The van der Waals surface area contributed by atoms with Crippen LogP contribution in [0.2, 0.25) is 5.02 Å². The highest BCUT2D eigenvalue weighted by Crippen LogP contribution is 2.50. The van der Waals surface area contributed by atoms with Gasteiger partial charge in [-0.3, -0.25) is 0 Å². The third-order valence-electron chi connectivity index (χ3n) is 5.69. The van der Waals surface area contributed by atoms with Crippen LogP contribution < -0.4 is 10.1 Å². The predicted molar refractivity (Wildman–Crippen MR) is 116 cm³/mol. The van der Waals surface area contributed by atoms with Gasteiger partial charge in [0.25, 0.3) is 0 Å². The number of fused-ring (bicyclic) bond motifs is 3. The van der Waals surface area contributed by atoms with E-state index in [0.29, 0.717) is 22.3 Å². The van der Waals surface area contributed by atoms with Crippen LogP contribution in [0.25, 0.3) is 5.70 Å². The van der Waals surface area contributed by atoms with Gasteiger partial charge in [0.2, 0.25) is 5.95 Å². The van der Waals surface area contributed by atoms with Crippen LogP contribution in [0.15, 0.2) is 84.7 Å². The Balaban J connectivity index is 1.65. The number of benzene rings is 3. The minimum Gasteiger partial charge on any atom is -0.480 e. The molecule has 31 heavy (non-hydrogen) atoms. The molecular weight excluding hydrogens is 415 g/mol. The molecule has 0 bridgehead atoms. The molecule has 0 radical (unpaired) electrons. The third-order valence-corrected chi connectivity index (χ3v) is 5.95. The van der Waals surface area contributed by atoms with E-state index in [9.17, 15) is 4.39 Å². The standard InChI is InChI=1S/C24H16ClFN4O/c25-15-11-9-14(10-12-15)22-20-21(29-24-27-13-28-30(22)24)17-6-2-4-8-19(17)31-23(20)16-5-1-3-7-18(16)26/h1-13,22-23H,(H,27,28,29)/t22-,23+/m0/s1. The molecule has 2 aliphatic heterocycles. The SMILES string of the molecule is Fc1ccccc1[C@H]1Oc2ccccc2C2=C1[C@H](c1ccc(Cl)cc1)n1ncnc1N2. The fourth-order valence-corrected chi connectivity index (χ4v) is 4.46. The predicted octanol–water partition coefficient (Wildman–Crippen LogP) is 5.63. The summed E-state index contributed by atoms with van der Waals surface area (Å²) >= 11 is 6.15. The van der Waals surface area contributed by atoms with Crippen molar-refractivity contribution in [3.05, 3.63) is 112 Å². The molecule has 0 unspecified atom stereocenters. The van der Waals surface area contributed by atoms with E-state index in [1.165, 1.54) is 12.4 Å². The molecule has 1 aromatic heterocycles. The van der Waals surface area contributed by atoms with Gasteiger partial charge in [-0.05, 0) is 35.9 Å². The van der Waals surface area contributed by atoms with Crippen LogP contribution in [0.3, 0.4) is 0 Å². The molecule has 152 valence electrons. The minimum absolute atomic E-state index is 0.321. The molecule has 4 aromatic rings. The summed E-state index contributed by atoms with van der Waals surface area (Å²) < 4.78 is 23.2. The van der Waals surface area contributed by atoms with E-state index in [4.69, 9.17) is 16.3 Å². The summed E-state index contributed by atoms with van der Waals surface area (Å²) in [6, 6.07) is 21.7. The smallest absolute Gasteiger partial charge is 0.226 e. The van der Waals surface area contributed by atoms with Crippen molar-refractivity contribution in [1.82, 2.24) is 14.8 Å². The minimum atomic E-state index is -0.642. The monoisotopic (exact) mass is 430 g/mol. The number of nitrogens with zero attached hydrogens (tertiary/aromatic N) is 3. The molecule has 0 spiro atoms. The third kappa shape index (κ3) is 2.83. The Morgan fingerprint density at radius 3 is 2.58 bits per heavy atom. The number of hydrogen-bond acceptors (Lipinski definition) is 4. The number of ether oxygens (including phenoxy) is 1. The first kappa shape index (κ1) is 18.2. The first-order valence-electron chi connectivity index (χ1n) is 9.87. The first-order chi connectivity index (χ1) is 15.2. The van der Waals surface area contributed by atoms with Crippen molar-refractivity contribution in [2.24, 2.45) is 0 Å². The summed E-state index contributed by atoms with van der Waals surface area (Å²) in [6.07, 6.45) is 0.866. The molecule has 0 aliphatic carbocycles. The van der Waals surface area contributed by atoms with E-state index in [1.54, 1.807) is 16.8 Å². The molecule has 5 nitrogen and oxygen atoms in total. The van der Waals surface area contributed by atoms with E-state index >= 15 is 0 Å². The highest BCUT2D eigenvalue weighted by atomic mass is 35.5. The normalized spacial score (nSPS) is 19.0. The van der Waals surface area contributed by atoms with E-state index in [2.05, 4.69) is 15.4 Å². The quantitative estimate of drug-likeness (QED) is 0.447. The van der Waals surface area contributed by atoms with Crippen molar-refractivity contribution < 1.29 is 9.13 Å². The second kappa shape index (κ2) is 6.96. The Labute approximate surface area is 182 Å². The highest BCUT2D eigenvalue weighted by Gasteiger charge is 2.41. The molecular formula is C24H16ClFN4O. The Hall–Kier alpha value is -3.64. The molecule has 3 heterocycles. The zero-order valence-corrected chi connectivity index (χ0v) is 16.9. The van der Waals surface area contributed by atoms with Gasteiger partial charge in [0, 0.05) is 21.7 Å². The molecule has 3 aromatic carbocycles. The number of aromatic nitrogens is 3. The fourth-order valence-electron chi connectivity index (χ4n) is 4.33. The molecule has 0 amide bonds. The lowest BCUT2D eigenvalue weighted by Gasteiger charge is -2.39. The lowest BCUT2D eigenvalue weighted by atomic mass is 9.84. The van der Waals surface area contributed by atoms with Gasteiger partial charge in [0.05, 0.1) is 5.70 Å². The average Bonchev–Trinajstić information content (AvgIpc) is 3.27. The number of rotatable bonds is 2. The summed E-state index contributed by atoms with van der Waals surface area (Å²) in [5.74, 6) is 0.977. The van der Waals surface area contributed by atoms with Gasteiger partial charge in [0.1, 0.15) is 23.9 Å². The van der Waals surface area contributed by atoms with Crippen LogP contribution in [0.1, 0.15) is 28.8 Å². The van der Waals surface area contributed by atoms with Crippen molar-refractivity contribution in [3.63, 3.8) is 0 Å². The molecule has 0 fully saturated rings. The van der Waals surface area contributed by atoms with Crippen LogP contribution in [0.5, 0.6) is 5.75 Å². The topological polar surface area (TPSA) is 52.0 Å². The second-order valence-corrected chi connectivity index (χ2v) is 7.89. The summed E-state index contributed by atoms with van der Waals surface area (Å²) in [5.41, 5.74) is 4.04. The maximum absolute atomic E-state index is 15.0. The van der Waals surface area contributed by atoms with Crippen LogP contribution >= 0.6 is 11.6 Å². The second-order valence-electron chi connectivity index (χ2n) is 7.45. The van der Waals surface area contributed by atoms with Gasteiger partial charge in [0.15, 0.2) is 6.10 Å². The maximum atomic E-state index is 15.0. The summed E-state index contributed by atoms with van der Waals surface area (Å²) in [5, 5.41) is 8.51. The van der Waals surface area contributed by atoms with Gasteiger partial charge < -0.3 is 10.1 Å². The number of para-hydroxylation sites is 1. The van der Waals surface area contributed by atoms with Crippen molar-refractivity contribution >= 4 is 23.2 Å². The molecule has 2 aliphatic rings. The van der Waals surface area contributed by atoms with Gasteiger partial charge in [-0.15, -0.1) is 0 Å². The Bertz CT molecular complexity index is 1330. The van der Waals surface area contributed by atoms with Crippen LogP contribution in [0, 0.1) is 5.82 Å². The van der Waals surface area contributed by atoms with Crippen molar-refractivity contribution in [3.8, 4) is 5.75 Å².